The summed E-state index contributed by atoms with van der Waals surface area (Å²) in [5, 5.41) is 16.7. The molecule has 0 saturated heterocycles. The first-order valence-electron chi connectivity index (χ1n) is 6.83. The summed E-state index contributed by atoms with van der Waals surface area (Å²) in [6.07, 6.45) is 5.66. The molecule has 2 N–H and O–H groups in total. The van der Waals surface area contributed by atoms with Gasteiger partial charge in [-0.3, -0.25) is 9.78 Å². The lowest BCUT2D eigenvalue weighted by molar-refractivity contribution is 0.906. The summed E-state index contributed by atoms with van der Waals surface area (Å²) in [4.78, 5) is 27.5. The van der Waals surface area contributed by atoms with Crippen LogP contribution in [0.3, 0.4) is 0 Å². The van der Waals surface area contributed by atoms with Crippen molar-refractivity contribution in [3.05, 3.63) is 56.5 Å². The Morgan fingerprint density at radius 1 is 1.41 bits per heavy atom. The van der Waals surface area contributed by atoms with Gasteiger partial charge in [0, 0.05) is 12.3 Å². The molecule has 1 aliphatic rings. The molecule has 0 unspecified atom stereocenters. The van der Waals surface area contributed by atoms with E-state index < -0.39 is 11.2 Å². The van der Waals surface area contributed by atoms with E-state index in [-0.39, 0.29) is 5.56 Å². The third-order valence-electron chi connectivity index (χ3n) is 3.77. The number of nitriles is 1. The second-order valence-corrected chi connectivity index (χ2v) is 5.25. The maximum atomic E-state index is 11.8. The lowest BCUT2D eigenvalue weighted by Crippen LogP contribution is -2.23. The topological polar surface area (TPSA) is 115 Å². The predicted molar refractivity (Wildman–Crippen MR) is 79.0 cm³/mol. The largest absolute Gasteiger partial charge is 0.325 e. The first-order chi connectivity index (χ1) is 10.6. The van der Waals surface area contributed by atoms with Crippen LogP contribution in [0.2, 0.25) is 0 Å². The number of aryl methyl sites for hydroxylation is 1. The number of allylic oxidation sites excluding steroid dienone is 2. The van der Waals surface area contributed by atoms with Crippen LogP contribution in [0.5, 0.6) is 0 Å². The maximum Gasteiger partial charge on any atom is 0.325 e. The fourth-order valence-electron chi connectivity index (χ4n) is 2.53. The number of nitrogens with zero attached hydrogens (tertiary/aromatic N) is 3. The number of aromatic nitrogens is 4. The van der Waals surface area contributed by atoms with E-state index in [1.54, 1.807) is 0 Å². The van der Waals surface area contributed by atoms with Crippen molar-refractivity contribution in [1.29, 1.82) is 5.26 Å². The number of aromatic amines is 2. The molecular weight excluding hydrogens is 282 g/mol. The molecule has 1 fully saturated rings. The first-order valence-corrected chi connectivity index (χ1v) is 6.83. The van der Waals surface area contributed by atoms with E-state index in [1.165, 1.54) is 12.3 Å². The van der Waals surface area contributed by atoms with E-state index in [9.17, 15) is 9.59 Å². The van der Waals surface area contributed by atoms with E-state index in [0.717, 1.165) is 17.7 Å². The molecule has 22 heavy (non-hydrogen) atoms. The van der Waals surface area contributed by atoms with Gasteiger partial charge < -0.3 is 4.98 Å². The highest BCUT2D eigenvalue weighted by Crippen LogP contribution is 2.49. The quantitative estimate of drug-likeness (QED) is 0.820. The Hall–Kier alpha value is -3.01. The van der Waals surface area contributed by atoms with Crippen LogP contribution in [-0.4, -0.2) is 20.2 Å². The zero-order valence-electron chi connectivity index (χ0n) is 11.8. The molecule has 0 amide bonds. The van der Waals surface area contributed by atoms with Crippen molar-refractivity contribution in [3.63, 3.8) is 0 Å². The number of hydrogen-bond donors (Lipinski definition) is 2. The summed E-state index contributed by atoms with van der Waals surface area (Å²) in [6.45, 7) is 1.87. The van der Waals surface area contributed by atoms with Crippen LogP contribution in [0, 0.1) is 24.2 Å². The van der Waals surface area contributed by atoms with E-state index >= 15 is 0 Å². The zero-order valence-corrected chi connectivity index (χ0v) is 11.8. The normalized spacial score (nSPS) is 20.0. The van der Waals surface area contributed by atoms with Crippen LogP contribution in [0.4, 0.5) is 0 Å². The highest BCUT2D eigenvalue weighted by Gasteiger charge is 2.37. The van der Waals surface area contributed by atoms with Crippen molar-refractivity contribution >= 4 is 0 Å². The van der Waals surface area contributed by atoms with E-state index in [0.29, 0.717) is 17.5 Å². The Bertz CT molecular complexity index is 903. The molecule has 2 atom stereocenters. The molecule has 0 spiro atoms. The van der Waals surface area contributed by atoms with Crippen LogP contribution >= 0.6 is 0 Å². The van der Waals surface area contributed by atoms with E-state index in [1.807, 2.05) is 25.1 Å². The van der Waals surface area contributed by atoms with Gasteiger partial charge in [-0.25, -0.2) is 4.79 Å². The molecule has 2 heterocycles. The van der Waals surface area contributed by atoms with Crippen molar-refractivity contribution < 1.29 is 0 Å². The molecule has 0 aliphatic heterocycles. The monoisotopic (exact) mass is 295 g/mol. The van der Waals surface area contributed by atoms with Gasteiger partial charge in [-0.2, -0.15) is 10.4 Å². The van der Waals surface area contributed by atoms with Crippen molar-refractivity contribution in [2.75, 3.05) is 0 Å². The van der Waals surface area contributed by atoms with Crippen LogP contribution in [0.25, 0.3) is 11.3 Å². The van der Waals surface area contributed by atoms with Gasteiger partial charge in [0.2, 0.25) is 0 Å². The van der Waals surface area contributed by atoms with E-state index in [2.05, 4.69) is 20.2 Å². The summed E-state index contributed by atoms with van der Waals surface area (Å²) >= 11 is 0. The third-order valence-corrected chi connectivity index (χ3v) is 3.77. The Balaban J connectivity index is 1.98. The number of H-pyrrole nitrogens is 2. The summed E-state index contributed by atoms with van der Waals surface area (Å²) in [5.41, 5.74) is 1.47. The molecule has 0 bridgehead atoms. The zero-order chi connectivity index (χ0) is 15.7. The SMILES string of the molecule is Cc1nnc(-c2c[nH]c(=O)[nH]c2=O)cc1[C@H]1C[C@@H]1/C=C/C#N. The first kappa shape index (κ1) is 13.9. The minimum absolute atomic E-state index is 0.276. The molecule has 3 rings (SSSR count). The third kappa shape index (κ3) is 2.59. The minimum Gasteiger partial charge on any atom is -0.313 e. The van der Waals surface area contributed by atoms with Gasteiger partial charge in [-0.05, 0) is 36.8 Å². The summed E-state index contributed by atoms with van der Waals surface area (Å²) in [6, 6.07) is 3.82. The highest BCUT2D eigenvalue weighted by atomic mass is 16.2. The predicted octanol–water partition coefficient (Wildman–Crippen LogP) is 1.01. The average molecular weight is 295 g/mol. The van der Waals surface area contributed by atoms with Gasteiger partial charge in [0.1, 0.15) is 5.69 Å². The Morgan fingerprint density at radius 3 is 2.95 bits per heavy atom. The van der Waals surface area contributed by atoms with Crippen LogP contribution < -0.4 is 11.2 Å². The summed E-state index contributed by atoms with van der Waals surface area (Å²) in [5.74, 6) is 0.616. The van der Waals surface area contributed by atoms with Gasteiger partial charge in [0.25, 0.3) is 5.56 Å². The Labute approximate surface area is 125 Å². The van der Waals surface area contributed by atoms with Gasteiger partial charge in [-0.15, -0.1) is 5.10 Å². The van der Waals surface area contributed by atoms with Crippen molar-refractivity contribution in [3.8, 4) is 17.3 Å². The minimum atomic E-state index is -0.557. The molecule has 1 saturated carbocycles. The smallest absolute Gasteiger partial charge is 0.313 e. The second kappa shape index (κ2) is 5.41. The fraction of sp³-hybridized carbons (Fsp3) is 0.267. The van der Waals surface area contributed by atoms with Gasteiger partial charge in [-0.1, -0.05) is 6.08 Å². The molecule has 7 heteroatoms. The molecular formula is C15H13N5O2. The number of nitrogens with one attached hydrogen (secondary N) is 2. The van der Waals surface area contributed by atoms with Crippen LogP contribution in [0.15, 0.2) is 34.0 Å². The van der Waals surface area contributed by atoms with Gasteiger partial charge in [0.05, 0.1) is 17.3 Å². The molecule has 2 aromatic rings. The summed E-state index contributed by atoms with van der Waals surface area (Å²) < 4.78 is 0. The Morgan fingerprint density at radius 2 is 2.23 bits per heavy atom. The van der Waals surface area contributed by atoms with Crippen LogP contribution in [-0.2, 0) is 0 Å². The van der Waals surface area contributed by atoms with E-state index in [4.69, 9.17) is 5.26 Å². The van der Waals surface area contributed by atoms with Crippen molar-refractivity contribution in [1.82, 2.24) is 20.2 Å². The molecule has 0 aromatic carbocycles. The lowest BCUT2D eigenvalue weighted by Gasteiger charge is -2.05. The molecule has 1 aliphatic carbocycles. The van der Waals surface area contributed by atoms with Crippen molar-refractivity contribution in [2.45, 2.75) is 19.3 Å². The number of hydrogen-bond acceptors (Lipinski definition) is 5. The second-order valence-electron chi connectivity index (χ2n) is 5.25. The molecule has 7 nitrogen and oxygen atoms in total. The van der Waals surface area contributed by atoms with Crippen molar-refractivity contribution in [2.24, 2.45) is 5.92 Å². The molecule has 2 aromatic heterocycles. The fourth-order valence-corrected chi connectivity index (χ4v) is 2.53. The standard InChI is InChI=1S/C15H13N5O2/c1-8-10(11-5-9(11)3-2-4-16)6-13(20-19-8)12-7-17-15(22)18-14(12)21/h2-3,6-7,9,11H,5H2,1H3,(H2,17,18,21,22)/b3-2+/t9-,11-/m0/s1. The lowest BCUT2D eigenvalue weighted by atomic mass is 10.1. The average Bonchev–Trinajstić information content (AvgIpc) is 3.25. The number of rotatable bonds is 3. The highest BCUT2D eigenvalue weighted by molar-refractivity contribution is 5.57. The maximum absolute atomic E-state index is 11.8. The summed E-state index contributed by atoms with van der Waals surface area (Å²) in [7, 11) is 0. The van der Waals surface area contributed by atoms with Gasteiger partial charge in [0.15, 0.2) is 0 Å². The molecule has 0 radical (unpaired) electrons. The van der Waals surface area contributed by atoms with Crippen LogP contribution in [0.1, 0.15) is 23.6 Å². The van der Waals surface area contributed by atoms with Gasteiger partial charge >= 0.3 is 5.69 Å². The Kier molecular flexibility index (Phi) is 3.43. The molecule has 110 valence electrons.